The molecule has 5 heteroatoms. The number of nitrogens with zero attached hydrogens (tertiary/aromatic N) is 3. The van der Waals surface area contributed by atoms with Crippen LogP contribution >= 0.6 is 24.0 Å². The number of aliphatic imine (C=N–C) groups is 1. The van der Waals surface area contributed by atoms with Crippen LogP contribution in [-0.2, 0) is 0 Å². The SMILES string of the molecule is CCNC(=NCC(C)CN1CCCC1)N1CC(C)(C)C1(C)C.I. The number of guanidine groups is 1. The van der Waals surface area contributed by atoms with Crippen molar-refractivity contribution in [2.45, 2.75) is 59.9 Å². The first-order valence-corrected chi connectivity index (χ1v) is 9.06. The topological polar surface area (TPSA) is 30.9 Å². The maximum atomic E-state index is 4.94. The zero-order valence-electron chi connectivity index (χ0n) is 16.0. The molecule has 0 spiro atoms. The van der Waals surface area contributed by atoms with E-state index in [0.717, 1.165) is 25.6 Å². The quantitative estimate of drug-likeness (QED) is 0.407. The zero-order valence-corrected chi connectivity index (χ0v) is 18.3. The van der Waals surface area contributed by atoms with E-state index in [1.165, 1.54) is 32.5 Å². The van der Waals surface area contributed by atoms with Gasteiger partial charge in [-0.1, -0.05) is 20.8 Å². The third-order valence-corrected chi connectivity index (χ3v) is 5.80. The summed E-state index contributed by atoms with van der Waals surface area (Å²) in [5.41, 5.74) is 0.524. The van der Waals surface area contributed by atoms with Gasteiger partial charge in [-0.15, -0.1) is 24.0 Å². The van der Waals surface area contributed by atoms with Crippen molar-refractivity contribution >= 4 is 29.9 Å². The van der Waals surface area contributed by atoms with Crippen molar-refractivity contribution in [2.24, 2.45) is 16.3 Å². The molecule has 23 heavy (non-hydrogen) atoms. The van der Waals surface area contributed by atoms with Gasteiger partial charge < -0.3 is 15.1 Å². The number of hydrogen-bond acceptors (Lipinski definition) is 2. The van der Waals surface area contributed by atoms with E-state index in [1.807, 2.05) is 0 Å². The van der Waals surface area contributed by atoms with Crippen molar-refractivity contribution in [2.75, 3.05) is 39.3 Å². The van der Waals surface area contributed by atoms with Crippen LogP contribution in [0, 0.1) is 11.3 Å². The number of likely N-dealkylation sites (tertiary alicyclic amines) is 2. The van der Waals surface area contributed by atoms with Crippen LogP contribution < -0.4 is 5.32 Å². The maximum absolute atomic E-state index is 4.94. The Morgan fingerprint density at radius 3 is 2.26 bits per heavy atom. The molecule has 1 atom stereocenters. The molecule has 0 aromatic rings. The second kappa shape index (κ2) is 8.37. The molecule has 2 aliphatic heterocycles. The van der Waals surface area contributed by atoms with Crippen LogP contribution in [-0.4, -0.2) is 60.6 Å². The molecular formula is C18H37IN4. The Morgan fingerprint density at radius 2 is 1.78 bits per heavy atom. The third-order valence-electron chi connectivity index (χ3n) is 5.80. The van der Waals surface area contributed by atoms with Crippen molar-refractivity contribution in [3.63, 3.8) is 0 Å². The summed E-state index contributed by atoms with van der Waals surface area (Å²) in [7, 11) is 0. The Bertz CT molecular complexity index is 400. The van der Waals surface area contributed by atoms with Crippen molar-refractivity contribution in [1.82, 2.24) is 15.1 Å². The Morgan fingerprint density at radius 1 is 1.17 bits per heavy atom. The van der Waals surface area contributed by atoms with Crippen LogP contribution in [0.2, 0.25) is 0 Å². The van der Waals surface area contributed by atoms with Gasteiger partial charge >= 0.3 is 0 Å². The van der Waals surface area contributed by atoms with Gasteiger partial charge in [0.15, 0.2) is 5.96 Å². The highest BCUT2D eigenvalue weighted by atomic mass is 127. The van der Waals surface area contributed by atoms with E-state index < -0.39 is 0 Å². The standard InChI is InChI=1S/C18H36N4.HI/c1-7-19-16(22-14-17(3,4)18(22,5)6)20-12-15(2)13-21-10-8-9-11-21;/h15H,7-14H2,1-6H3,(H,19,20);1H. The Kier molecular flexibility index (Phi) is 7.64. The van der Waals surface area contributed by atoms with E-state index in [0.29, 0.717) is 11.3 Å². The fraction of sp³-hybridized carbons (Fsp3) is 0.944. The lowest BCUT2D eigenvalue weighted by Crippen LogP contribution is -2.72. The average Bonchev–Trinajstić information content (AvgIpc) is 2.94. The molecule has 0 saturated carbocycles. The number of rotatable bonds is 5. The minimum atomic E-state index is 0. The molecule has 2 fully saturated rings. The van der Waals surface area contributed by atoms with Gasteiger partial charge in [0.05, 0.1) is 0 Å². The molecule has 0 aromatic carbocycles. The van der Waals surface area contributed by atoms with Crippen LogP contribution in [0.15, 0.2) is 4.99 Å². The molecule has 2 aliphatic rings. The van der Waals surface area contributed by atoms with Crippen LogP contribution in [0.4, 0.5) is 0 Å². The molecule has 0 aromatic heterocycles. The third kappa shape index (κ3) is 4.74. The summed E-state index contributed by atoms with van der Waals surface area (Å²) < 4.78 is 0. The van der Waals surface area contributed by atoms with Crippen LogP contribution in [0.25, 0.3) is 0 Å². The first-order valence-electron chi connectivity index (χ1n) is 9.06. The lowest BCUT2D eigenvalue weighted by molar-refractivity contribution is -0.0668. The summed E-state index contributed by atoms with van der Waals surface area (Å²) in [6, 6.07) is 0. The molecule has 2 rings (SSSR count). The predicted molar refractivity (Wildman–Crippen MR) is 111 cm³/mol. The minimum absolute atomic E-state index is 0. The summed E-state index contributed by atoms with van der Waals surface area (Å²) in [4.78, 5) is 9.97. The summed E-state index contributed by atoms with van der Waals surface area (Å²) >= 11 is 0. The summed E-state index contributed by atoms with van der Waals surface area (Å²) in [5.74, 6) is 1.73. The van der Waals surface area contributed by atoms with E-state index in [9.17, 15) is 0 Å². The van der Waals surface area contributed by atoms with Gasteiger partial charge in [-0.25, -0.2) is 0 Å². The number of hydrogen-bond donors (Lipinski definition) is 1. The molecule has 0 radical (unpaired) electrons. The Labute approximate surface area is 160 Å². The maximum Gasteiger partial charge on any atom is 0.194 e. The highest BCUT2D eigenvalue weighted by molar-refractivity contribution is 14.0. The number of nitrogens with one attached hydrogen (secondary N) is 1. The average molecular weight is 436 g/mol. The smallest absolute Gasteiger partial charge is 0.194 e. The zero-order chi connectivity index (χ0) is 16.4. The largest absolute Gasteiger partial charge is 0.356 e. The van der Waals surface area contributed by atoms with E-state index in [1.54, 1.807) is 0 Å². The van der Waals surface area contributed by atoms with E-state index in [2.05, 4.69) is 56.7 Å². The van der Waals surface area contributed by atoms with Crippen molar-refractivity contribution < 1.29 is 0 Å². The lowest BCUT2D eigenvalue weighted by Gasteiger charge is -2.62. The molecule has 1 unspecified atom stereocenters. The lowest BCUT2D eigenvalue weighted by atomic mass is 9.65. The van der Waals surface area contributed by atoms with Crippen LogP contribution in [0.5, 0.6) is 0 Å². The second-order valence-corrected chi connectivity index (χ2v) is 8.34. The summed E-state index contributed by atoms with van der Waals surface area (Å²) in [6.45, 7) is 20.5. The second-order valence-electron chi connectivity index (χ2n) is 8.34. The van der Waals surface area contributed by atoms with Gasteiger partial charge in [0.1, 0.15) is 0 Å². The van der Waals surface area contributed by atoms with Gasteiger partial charge in [-0.2, -0.15) is 0 Å². The minimum Gasteiger partial charge on any atom is -0.356 e. The molecular weight excluding hydrogens is 399 g/mol. The fourth-order valence-electron chi connectivity index (χ4n) is 3.50. The molecule has 0 amide bonds. The Hall–Kier alpha value is -0.0400. The molecule has 2 heterocycles. The van der Waals surface area contributed by atoms with Crippen molar-refractivity contribution in [3.05, 3.63) is 0 Å². The van der Waals surface area contributed by atoms with E-state index in [-0.39, 0.29) is 29.5 Å². The Balaban J connectivity index is 0.00000264. The normalized spacial score (nSPS) is 24.8. The molecule has 136 valence electrons. The monoisotopic (exact) mass is 436 g/mol. The first kappa shape index (κ1) is 21.0. The summed E-state index contributed by atoms with van der Waals surface area (Å²) in [5, 5.41) is 3.49. The van der Waals surface area contributed by atoms with E-state index >= 15 is 0 Å². The van der Waals surface area contributed by atoms with Gasteiger partial charge in [-0.3, -0.25) is 4.99 Å². The predicted octanol–water partition coefficient (Wildman–Crippen LogP) is 3.42. The first-order chi connectivity index (χ1) is 10.3. The van der Waals surface area contributed by atoms with Crippen LogP contribution in [0.1, 0.15) is 54.4 Å². The fourth-order valence-corrected chi connectivity index (χ4v) is 3.50. The van der Waals surface area contributed by atoms with Gasteiger partial charge in [0.2, 0.25) is 0 Å². The molecule has 0 bridgehead atoms. The molecule has 1 N–H and O–H groups in total. The van der Waals surface area contributed by atoms with Crippen molar-refractivity contribution in [1.29, 1.82) is 0 Å². The van der Waals surface area contributed by atoms with Gasteiger partial charge in [0.25, 0.3) is 0 Å². The highest BCUT2D eigenvalue weighted by Crippen LogP contribution is 2.46. The van der Waals surface area contributed by atoms with Gasteiger partial charge in [0, 0.05) is 37.1 Å². The van der Waals surface area contributed by atoms with Crippen LogP contribution in [0.3, 0.4) is 0 Å². The number of halogens is 1. The molecule has 0 aliphatic carbocycles. The van der Waals surface area contributed by atoms with Gasteiger partial charge in [-0.05, 0) is 52.6 Å². The summed E-state index contributed by atoms with van der Waals surface area (Å²) in [6.07, 6.45) is 2.74. The molecule has 2 saturated heterocycles. The highest BCUT2D eigenvalue weighted by Gasteiger charge is 2.53. The molecule has 4 nitrogen and oxygen atoms in total. The van der Waals surface area contributed by atoms with Crippen molar-refractivity contribution in [3.8, 4) is 0 Å². The van der Waals surface area contributed by atoms with E-state index in [4.69, 9.17) is 4.99 Å².